The summed E-state index contributed by atoms with van der Waals surface area (Å²) in [5.41, 5.74) is 0.518. The van der Waals surface area contributed by atoms with Gasteiger partial charge >= 0.3 is 0 Å². The molecule has 20 heavy (non-hydrogen) atoms. The first-order valence-corrected chi connectivity index (χ1v) is 9.41. The SMILES string of the molecule is CCSCCC(C)NS(=O)(=O)c1cc(CO)ccc1Cl. The minimum atomic E-state index is -3.66. The fourth-order valence-electron chi connectivity index (χ4n) is 1.64. The van der Waals surface area contributed by atoms with Crippen LogP contribution < -0.4 is 4.72 Å². The Morgan fingerprint density at radius 1 is 1.45 bits per heavy atom. The first kappa shape index (κ1) is 17.8. The first-order valence-electron chi connectivity index (χ1n) is 6.40. The van der Waals surface area contributed by atoms with E-state index in [1.165, 1.54) is 12.1 Å². The van der Waals surface area contributed by atoms with Crippen molar-refractivity contribution in [3.63, 3.8) is 0 Å². The van der Waals surface area contributed by atoms with Gasteiger partial charge < -0.3 is 5.11 Å². The number of hydrogen-bond acceptors (Lipinski definition) is 4. The lowest BCUT2D eigenvalue weighted by atomic mass is 10.2. The third-order valence-corrected chi connectivity index (χ3v) is 5.73. The van der Waals surface area contributed by atoms with Crippen LogP contribution in [0.3, 0.4) is 0 Å². The van der Waals surface area contributed by atoms with E-state index in [1.54, 1.807) is 17.8 Å². The summed E-state index contributed by atoms with van der Waals surface area (Å²) in [5.74, 6) is 1.93. The number of benzene rings is 1. The maximum atomic E-state index is 12.3. The van der Waals surface area contributed by atoms with E-state index in [9.17, 15) is 8.42 Å². The fourth-order valence-corrected chi connectivity index (χ4v) is 4.28. The van der Waals surface area contributed by atoms with Gasteiger partial charge in [0.05, 0.1) is 11.6 Å². The maximum Gasteiger partial charge on any atom is 0.242 e. The zero-order valence-electron chi connectivity index (χ0n) is 11.6. The third kappa shape index (κ3) is 5.26. The van der Waals surface area contributed by atoms with E-state index in [-0.39, 0.29) is 22.6 Å². The lowest BCUT2D eigenvalue weighted by Gasteiger charge is -2.15. The predicted octanol–water partition coefficient (Wildman–Crippen LogP) is 2.64. The molecule has 0 aromatic heterocycles. The van der Waals surface area contributed by atoms with Gasteiger partial charge in [-0.1, -0.05) is 24.6 Å². The minimum Gasteiger partial charge on any atom is -0.392 e. The molecular weight excluding hydrogens is 318 g/mol. The van der Waals surface area contributed by atoms with Crippen LogP contribution in [0.1, 0.15) is 25.8 Å². The summed E-state index contributed by atoms with van der Waals surface area (Å²) in [6, 6.07) is 4.33. The molecule has 0 aliphatic heterocycles. The van der Waals surface area contributed by atoms with Crippen LogP contribution in [0, 0.1) is 0 Å². The molecule has 2 N–H and O–H groups in total. The number of hydrogen-bond donors (Lipinski definition) is 2. The smallest absolute Gasteiger partial charge is 0.242 e. The molecule has 0 fully saturated rings. The van der Waals surface area contributed by atoms with Crippen LogP contribution in [0.15, 0.2) is 23.1 Å². The van der Waals surface area contributed by atoms with E-state index < -0.39 is 10.0 Å². The van der Waals surface area contributed by atoms with Gasteiger partial charge in [-0.05, 0) is 42.5 Å². The summed E-state index contributed by atoms with van der Waals surface area (Å²) in [4.78, 5) is 0.0145. The molecule has 0 heterocycles. The van der Waals surface area contributed by atoms with Crippen LogP contribution in [-0.4, -0.2) is 31.1 Å². The second-order valence-corrected chi connectivity index (χ2v) is 7.91. The van der Waals surface area contributed by atoms with Crippen molar-refractivity contribution in [1.29, 1.82) is 0 Å². The topological polar surface area (TPSA) is 66.4 Å². The Labute approximate surface area is 130 Å². The number of halogens is 1. The van der Waals surface area contributed by atoms with Crippen molar-refractivity contribution in [3.8, 4) is 0 Å². The van der Waals surface area contributed by atoms with Crippen LogP contribution in [0.2, 0.25) is 5.02 Å². The highest BCUT2D eigenvalue weighted by atomic mass is 35.5. The molecule has 0 aliphatic rings. The Morgan fingerprint density at radius 2 is 2.15 bits per heavy atom. The Kier molecular flexibility index (Phi) is 7.33. The second kappa shape index (κ2) is 8.24. The molecule has 0 aliphatic carbocycles. The summed E-state index contributed by atoms with van der Waals surface area (Å²) >= 11 is 7.72. The second-order valence-electron chi connectivity index (χ2n) is 4.43. The highest BCUT2D eigenvalue weighted by Crippen LogP contribution is 2.23. The third-order valence-electron chi connectivity index (χ3n) is 2.72. The summed E-state index contributed by atoms with van der Waals surface area (Å²) in [6.07, 6.45) is 0.759. The number of thioether (sulfide) groups is 1. The van der Waals surface area contributed by atoms with Crippen molar-refractivity contribution < 1.29 is 13.5 Å². The molecule has 1 atom stereocenters. The summed E-state index contributed by atoms with van der Waals surface area (Å²) in [7, 11) is -3.66. The number of aliphatic hydroxyl groups is 1. The Bertz CT molecular complexity index is 534. The van der Waals surface area contributed by atoms with Gasteiger partial charge in [0.25, 0.3) is 0 Å². The normalized spacial score (nSPS) is 13.4. The molecule has 114 valence electrons. The number of sulfonamides is 1. The van der Waals surface area contributed by atoms with Crippen molar-refractivity contribution in [3.05, 3.63) is 28.8 Å². The molecule has 0 spiro atoms. The van der Waals surface area contributed by atoms with Gasteiger partial charge in [-0.3, -0.25) is 0 Å². The lowest BCUT2D eigenvalue weighted by molar-refractivity contribution is 0.281. The average Bonchev–Trinajstić information content (AvgIpc) is 2.38. The van der Waals surface area contributed by atoms with Crippen LogP contribution in [0.5, 0.6) is 0 Å². The number of aliphatic hydroxyl groups excluding tert-OH is 1. The molecule has 0 bridgehead atoms. The maximum absolute atomic E-state index is 12.3. The first-order chi connectivity index (χ1) is 9.40. The van der Waals surface area contributed by atoms with E-state index in [1.807, 2.05) is 6.92 Å². The van der Waals surface area contributed by atoms with Gasteiger partial charge in [0.15, 0.2) is 0 Å². The molecule has 1 aromatic rings. The molecular formula is C13H20ClNO3S2. The Balaban J connectivity index is 2.83. The van der Waals surface area contributed by atoms with E-state index in [0.717, 1.165) is 17.9 Å². The van der Waals surface area contributed by atoms with Crippen LogP contribution in [0.25, 0.3) is 0 Å². The zero-order chi connectivity index (χ0) is 15.2. The zero-order valence-corrected chi connectivity index (χ0v) is 14.0. The fraction of sp³-hybridized carbons (Fsp3) is 0.538. The number of rotatable bonds is 8. The Morgan fingerprint density at radius 3 is 2.75 bits per heavy atom. The molecule has 0 saturated heterocycles. The van der Waals surface area contributed by atoms with Crippen molar-refractivity contribution in [2.45, 2.75) is 37.8 Å². The summed E-state index contributed by atoms with van der Waals surface area (Å²) in [6.45, 7) is 3.68. The highest BCUT2D eigenvalue weighted by molar-refractivity contribution is 7.99. The predicted molar refractivity (Wildman–Crippen MR) is 84.8 cm³/mol. The monoisotopic (exact) mass is 337 g/mol. The molecule has 1 aromatic carbocycles. The standard InChI is InChI=1S/C13H20ClNO3S2/c1-3-19-7-6-10(2)15-20(17,18)13-8-11(9-16)4-5-12(13)14/h4-5,8,10,15-16H,3,6-7,9H2,1-2H3. The van der Waals surface area contributed by atoms with Gasteiger partial charge in [-0.2, -0.15) is 11.8 Å². The molecule has 1 rings (SSSR count). The van der Waals surface area contributed by atoms with Crippen molar-refractivity contribution >= 4 is 33.4 Å². The highest BCUT2D eigenvalue weighted by Gasteiger charge is 2.20. The lowest BCUT2D eigenvalue weighted by Crippen LogP contribution is -2.33. The quantitative estimate of drug-likeness (QED) is 0.716. The minimum absolute atomic E-state index is 0.0145. The molecule has 0 amide bonds. The van der Waals surface area contributed by atoms with Crippen LogP contribution in [-0.2, 0) is 16.6 Å². The van der Waals surface area contributed by atoms with Gasteiger partial charge in [0.1, 0.15) is 4.90 Å². The van der Waals surface area contributed by atoms with E-state index in [2.05, 4.69) is 11.6 Å². The van der Waals surface area contributed by atoms with Crippen LogP contribution in [0.4, 0.5) is 0 Å². The molecule has 7 heteroatoms. The summed E-state index contributed by atoms with van der Waals surface area (Å²) in [5, 5.41) is 9.24. The summed E-state index contributed by atoms with van der Waals surface area (Å²) < 4.78 is 27.2. The molecule has 0 saturated carbocycles. The largest absolute Gasteiger partial charge is 0.392 e. The van der Waals surface area contributed by atoms with Gasteiger partial charge in [-0.25, -0.2) is 13.1 Å². The molecule has 1 unspecified atom stereocenters. The molecule has 4 nitrogen and oxygen atoms in total. The van der Waals surface area contributed by atoms with E-state index >= 15 is 0 Å². The molecule has 0 radical (unpaired) electrons. The van der Waals surface area contributed by atoms with Gasteiger partial charge in [0, 0.05) is 6.04 Å². The van der Waals surface area contributed by atoms with Crippen molar-refractivity contribution in [2.24, 2.45) is 0 Å². The van der Waals surface area contributed by atoms with E-state index in [0.29, 0.717) is 5.56 Å². The van der Waals surface area contributed by atoms with Gasteiger partial charge in [0.2, 0.25) is 10.0 Å². The average molecular weight is 338 g/mol. The van der Waals surface area contributed by atoms with E-state index in [4.69, 9.17) is 16.7 Å². The van der Waals surface area contributed by atoms with Crippen LogP contribution >= 0.6 is 23.4 Å². The Hall–Kier alpha value is -0.270. The van der Waals surface area contributed by atoms with Crippen molar-refractivity contribution in [2.75, 3.05) is 11.5 Å². The van der Waals surface area contributed by atoms with Crippen molar-refractivity contribution in [1.82, 2.24) is 4.72 Å². The van der Waals surface area contributed by atoms with Gasteiger partial charge in [-0.15, -0.1) is 0 Å². The number of nitrogens with one attached hydrogen (secondary N) is 1.